The molecule has 0 radical (unpaired) electrons. The van der Waals surface area contributed by atoms with Crippen molar-refractivity contribution in [1.82, 2.24) is 30.1 Å². The van der Waals surface area contributed by atoms with Gasteiger partial charge in [-0.3, -0.25) is 14.4 Å². The zero-order valence-electron chi connectivity index (χ0n) is 20.0. The number of amides is 3. The molecule has 1 N–H and O–H groups in total. The maximum absolute atomic E-state index is 12.5. The summed E-state index contributed by atoms with van der Waals surface area (Å²) in [6.07, 6.45) is 1.27. The number of nitrogens with one attached hydrogen (secondary N) is 1. The van der Waals surface area contributed by atoms with E-state index in [2.05, 4.69) is 26.8 Å². The van der Waals surface area contributed by atoms with Gasteiger partial charge in [-0.15, -0.1) is 0 Å². The predicted molar refractivity (Wildman–Crippen MR) is 129 cm³/mol. The maximum Gasteiger partial charge on any atom is 0.269 e. The summed E-state index contributed by atoms with van der Waals surface area (Å²) < 4.78 is 0. The number of hydrogen-bond acceptors (Lipinski definition) is 6. The number of rotatable bonds is 5. The van der Waals surface area contributed by atoms with Gasteiger partial charge in [-0.2, -0.15) is 0 Å². The van der Waals surface area contributed by atoms with Crippen LogP contribution in [0.3, 0.4) is 0 Å². The first-order chi connectivity index (χ1) is 16.0. The van der Waals surface area contributed by atoms with E-state index >= 15 is 0 Å². The van der Waals surface area contributed by atoms with Gasteiger partial charge in [0.05, 0.1) is 17.4 Å². The molecule has 3 heterocycles. The summed E-state index contributed by atoms with van der Waals surface area (Å²) in [6, 6.07) is 4.40. The number of carbonyl (C=O) groups excluding carboxylic acids is 3. The number of nitrogens with zero attached hydrogens (tertiary/aromatic N) is 5. The van der Waals surface area contributed by atoms with E-state index in [-0.39, 0.29) is 40.5 Å². The van der Waals surface area contributed by atoms with E-state index < -0.39 is 6.04 Å². The Bertz CT molecular complexity index is 1140. The molecule has 180 valence electrons. The van der Waals surface area contributed by atoms with Crippen molar-refractivity contribution < 1.29 is 14.4 Å². The monoisotopic (exact) mass is 484 g/mol. The highest BCUT2D eigenvalue weighted by molar-refractivity contribution is 6.29. The third kappa shape index (κ3) is 5.25. The highest BCUT2D eigenvalue weighted by Gasteiger charge is 2.36. The Morgan fingerprint density at radius 3 is 2.41 bits per heavy atom. The summed E-state index contributed by atoms with van der Waals surface area (Å²) in [4.78, 5) is 54.0. The predicted octanol–water partition coefficient (Wildman–Crippen LogP) is 2.98. The molecule has 34 heavy (non-hydrogen) atoms. The summed E-state index contributed by atoms with van der Waals surface area (Å²) in [5.74, 6) is -0.168. The first-order valence-electron chi connectivity index (χ1n) is 11.0. The van der Waals surface area contributed by atoms with Gasteiger partial charge in [0.15, 0.2) is 0 Å². The third-order valence-electron chi connectivity index (χ3n) is 5.72. The summed E-state index contributed by atoms with van der Waals surface area (Å²) >= 11 is 6.41. The molecule has 0 saturated carbocycles. The Morgan fingerprint density at radius 2 is 1.82 bits per heavy atom. The van der Waals surface area contributed by atoms with Crippen molar-refractivity contribution in [3.8, 4) is 11.4 Å². The summed E-state index contributed by atoms with van der Waals surface area (Å²) in [5.41, 5.74) is 1.82. The van der Waals surface area contributed by atoms with Gasteiger partial charge in [-0.05, 0) is 36.8 Å². The van der Waals surface area contributed by atoms with Crippen LogP contribution < -0.4 is 5.32 Å². The number of pyridine rings is 1. The van der Waals surface area contributed by atoms with Gasteiger partial charge in [0.2, 0.25) is 11.8 Å². The second-order valence-electron chi connectivity index (χ2n) is 8.58. The van der Waals surface area contributed by atoms with Crippen LogP contribution in [0.2, 0.25) is 5.15 Å². The zero-order chi connectivity index (χ0) is 25.2. The molecule has 1 saturated heterocycles. The van der Waals surface area contributed by atoms with Crippen LogP contribution >= 0.6 is 11.6 Å². The molecule has 2 atom stereocenters. The number of aromatic nitrogens is 3. The quantitative estimate of drug-likeness (QED) is 0.516. The highest BCUT2D eigenvalue weighted by atomic mass is 35.5. The van der Waals surface area contributed by atoms with E-state index in [1.54, 1.807) is 28.0 Å². The molecule has 1 aliphatic heterocycles. The van der Waals surface area contributed by atoms with Crippen molar-refractivity contribution in [2.75, 3.05) is 20.1 Å². The maximum atomic E-state index is 12.5. The topological polar surface area (TPSA) is 108 Å². The van der Waals surface area contributed by atoms with E-state index in [1.807, 2.05) is 20.8 Å². The molecular formula is C24H29ClN6O3. The number of carbonyl (C=O) groups is 3. The average molecular weight is 485 g/mol. The van der Waals surface area contributed by atoms with Crippen molar-refractivity contribution in [2.45, 2.75) is 45.7 Å². The van der Waals surface area contributed by atoms with Gasteiger partial charge in [0.1, 0.15) is 16.7 Å². The molecule has 0 aromatic carbocycles. The van der Waals surface area contributed by atoms with Crippen molar-refractivity contribution in [1.29, 1.82) is 0 Å². The molecule has 9 nitrogen and oxygen atoms in total. The molecule has 0 aliphatic carbocycles. The van der Waals surface area contributed by atoms with Gasteiger partial charge in [0.25, 0.3) is 5.91 Å². The molecule has 2 aromatic heterocycles. The SMILES string of the molecule is C=CC(=O)N1C[C@@H](C)N(C(C)=O)[C@H](c2cc(Cl)nc(-c3cc(C(=O)NC)nc(C(C)C)n3)c2)C1. The fourth-order valence-electron chi connectivity index (χ4n) is 4.13. The van der Waals surface area contributed by atoms with Crippen LogP contribution in [-0.4, -0.2) is 68.7 Å². The molecule has 3 rings (SSSR count). The van der Waals surface area contributed by atoms with E-state index in [0.717, 1.165) is 0 Å². The van der Waals surface area contributed by atoms with E-state index in [1.165, 1.54) is 20.0 Å². The third-order valence-corrected chi connectivity index (χ3v) is 5.92. The van der Waals surface area contributed by atoms with Crippen LogP contribution in [0.25, 0.3) is 11.4 Å². The lowest BCUT2D eigenvalue weighted by molar-refractivity contribution is -0.143. The zero-order valence-corrected chi connectivity index (χ0v) is 20.8. The lowest BCUT2D eigenvalue weighted by Crippen LogP contribution is -2.56. The van der Waals surface area contributed by atoms with E-state index in [0.29, 0.717) is 35.9 Å². The second kappa shape index (κ2) is 10.3. The van der Waals surface area contributed by atoms with Crippen LogP contribution in [0.4, 0.5) is 0 Å². The van der Waals surface area contributed by atoms with E-state index in [4.69, 9.17) is 11.6 Å². The second-order valence-corrected chi connectivity index (χ2v) is 8.96. The molecule has 2 aromatic rings. The Balaban J connectivity index is 2.13. The minimum atomic E-state index is -0.436. The fourth-order valence-corrected chi connectivity index (χ4v) is 4.35. The molecule has 3 amide bonds. The average Bonchev–Trinajstić information content (AvgIpc) is 2.81. The first kappa shape index (κ1) is 25.3. The van der Waals surface area contributed by atoms with Crippen molar-refractivity contribution in [3.05, 3.63) is 53.1 Å². The molecular weight excluding hydrogens is 456 g/mol. The minimum Gasteiger partial charge on any atom is -0.354 e. The van der Waals surface area contributed by atoms with Crippen LogP contribution in [0, 0.1) is 0 Å². The van der Waals surface area contributed by atoms with Crippen LogP contribution in [0.15, 0.2) is 30.9 Å². The molecule has 10 heteroatoms. The van der Waals surface area contributed by atoms with Crippen LogP contribution in [-0.2, 0) is 9.59 Å². The van der Waals surface area contributed by atoms with Gasteiger partial charge < -0.3 is 15.1 Å². The molecule has 0 unspecified atom stereocenters. The van der Waals surface area contributed by atoms with Crippen molar-refractivity contribution in [2.24, 2.45) is 0 Å². The van der Waals surface area contributed by atoms with Crippen LogP contribution in [0.1, 0.15) is 61.5 Å². The number of piperazine rings is 1. The van der Waals surface area contributed by atoms with E-state index in [9.17, 15) is 14.4 Å². The summed E-state index contributed by atoms with van der Waals surface area (Å²) in [5, 5.41) is 2.79. The Hall–Kier alpha value is -3.33. The fraction of sp³-hybridized carbons (Fsp3) is 0.417. The van der Waals surface area contributed by atoms with Gasteiger partial charge in [-0.1, -0.05) is 32.0 Å². The lowest BCUT2D eigenvalue weighted by atomic mass is 9.98. The van der Waals surface area contributed by atoms with Gasteiger partial charge in [-0.25, -0.2) is 15.0 Å². The highest BCUT2D eigenvalue weighted by Crippen LogP contribution is 2.32. The Kier molecular flexibility index (Phi) is 7.66. The number of hydrogen-bond donors (Lipinski definition) is 1. The van der Waals surface area contributed by atoms with Crippen molar-refractivity contribution >= 4 is 29.3 Å². The first-order valence-corrected chi connectivity index (χ1v) is 11.4. The molecule has 0 spiro atoms. The van der Waals surface area contributed by atoms with Crippen molar-refractivity contribution in [3.63, 3.8) is 0 Å². The van der Waals surface area contributed by atoms with Crippen LogP contribution in [0.5, 0.6) is 0 Å². The Morgan fingerprint density at radius 1 is 1.15 bits per heavy atom. The lowest BCUT2D eigenvalue weighted by Gasteiger charge is -2.45. The largest absolute Gasteiger partial charge is 0.354 e. The molecule has 1 fully saturated rings. The normalized spacial score (nSPS) is 18.1. The molecule has 1 aliphatic rings. The summed E-state index contributed by atoms with van der Waals surface area (Å²) in [7, 11) is 1.53. The summed E-state index contributed by atoms with van der Waals surface area (Å²) in [6.45, 7) is 11.6. The smallest absolute Gasteiger partial charge is 0.269 e. The Labute approximate surface area is 204 Å². The minimum absolute atomic E-state index is 0.0205. The molecule has 0 bridgehead atoms. The standard InChI is InChI=1S/C24H29ClN6O3/c1-7-22(33)30-11-14(4)31(15(5)32)20(12-30)16-8-17(27-21(25)9-16)18-10-19(24(34)26-6)29-23(28-18)13(2)3/h7-10,13-14,20H,1,11-12H2,2-6H3,(H,26,34)/t14-,20+/m1/s1. The van der Waals surface area contributed by atoms with Gasteiger partial charge in [0, 0.05) is 39.0 Å². The number of halogens is 1. The van der Waals surface area contributed by atoms with Gasteiger partial charge >= 0.3 is 0 Å².